The normalized spacial score (nSPS) is 10.8. The molecular formula is C14H15F2NS2. The minimum absolute atomic E-state index is 0.356. The number of thioether (sulfide) groups is 1. The Labute approximate surface area is 120 Å². The quantitative estimate of drug-likeness (QED) is 0.614. The second kappa shape index (κ2) is 7.62. The molecule has 5 heteroatoms. The fourth-order valence-electron chi connectivity index (χ4n) is 1.61. The maximum absolute atomic E-state index is 13.3. The molecule has 1 nitrogen and oxygen atoms in total. The fraction of sp³-hybridized carbons (Fsp3) is 0.286. The minimum Gasteiger partial charge on any atom is -0.316 e. The van der Waals surface area contributed by atoms with Crippen molar-refractivity contribution in [1.29, 1.82) is 0 Å². The number of hydrogen-bond acceptors (Lipinski definition) is 3. The van der Waals surface area contributed by atoms with E-state index in [2.05, 4.69) is 16.8 Å². The average Bonchev–Trinajstić information content (AvgIpc) is 2.90. The second-order valence-corrected chi connectivity index (χ2v) is 6.17. The van der Waals surface area contributed by atoms with E-state index in [4.69, 9.17) is 0 Å². The number of halogens is 2. The summed E-state index contributed by atoms with van der Waals surface area (Å²) in [7, 11) is 0. The van der Waals surface area contributed by atoms with Crippen molar-refractivity contribution in [2.75, 3.05) is 18.8 Å². The summed E-state index contributed by atoms with van der Waals surface area (Å²) < 4.78 is 26.3. The van der Waals surface area contributed by atoms with Crippen LogP contribution in [0.4, 0.5) is 8.78 Å². The van der Waals surface area contributed by atoms with Crippen LogP contribution in [0.1, 0.15) is 4.88 Å². The number of rotatable bonds is 7. The molecule has 0 saturated carbocycles. The van der Waals surface area contributed by atoms with Crippen molar-refractivity contribution in [2.24, 2.45) is 0 Å². The maximum Gasteiger partial charge on any atom is 0.136 e. The first-order valence-corrected chi connectivity index (χ1v) is 7.93. The average molecular weight is 299 g/mol. The molecule has 102 valence electrons. The zero-order valence-corrected chi connectivity index (χ0v) is 12.0. The van der Waals surface area contributed by atoms with Crippen LogP contribution >= 0.6 is 23.1 Å². The molecule has 0 aliphatic heterocycles. The van der Waals surface area contributed by atoms with E-state index in [9.17, 15) is 8.78 Å². The smallest absolute Gasteiger partial charge is 0.136 e. The van der Waals surface area contributed by atoms with Crippen molar-refractivity contribution < 1.29 is 8.78 Å². The van der Waals surface area contributed by atoms with Gasteiger partial charge in [-0.05, 0) is 42.6 Å². The van der Waals surface area contributed by atoms with Gasteiger partial charge < -0.3 is 5.32 Å². The molecule has 0 unspecified atom stereocenters. The van der Waals surface area contributed by atoms with Gasteiger partial charge in [-0.1, -0.05) is 6.07 Å². The largest absolute Gasteiger partial charge is 0.316 e. The Morgan fingerprint density at radius 2 is 2.05 bits per heavy atom. The predicted molar refractivity (Wildman–Crippen MR) is 78.0 cm³/mol. The molecule has 0 spiro atoms. The maximum atomic E-state index is 13.3. The molecule has 0 fully saturated rings. The number of thiophene rings is 1. The highest BCUT2D eigenvalue weighted by Crippen LogP contribution is 2.21. The summed E-state index contributed by atoms with van der Waals surface area (Å²) in [4.78, 5) is 1.73. The molecule has 1 aromatic carbocycles. The predicted octanol–water partition coefficient (Wildman–Crippen LogP) is 3.95. The molecule has 1 aromatic heterocycles. The fourth-order valence-corrected chi connectivity index (χ4v) is 3.19. The van der Waals surface area contributed by atoms with Gasteiger partial charge in [0.05, 0.1) is 0 Å². The zero-order chi connectivity index (χ0) is 13.5. The van der Waals surface area contributed by atoms with Crippen molar-refractivity contribution in [1.82, 2.24) is 5.32 Å². The van der Waals surface area contributed by atoms with Crippen LogP contribution in [0.3, 0.4) is 0 Å². The van der Waals surface area contributed by atoms with E-state index in [1.165, 1.54) is 28.8 Å². The minimum atomic E-state index is -0.394. The third-order valence-electron chi connectivity index (χ3n) is 2.56. The molecular weight excluding hydrogens is 284 g/mol. The number of hydrogen-bond donors (Lipinski definition) is 1. The van der Waals surface area contributed by atoms with Crippen molar-refractivity contribution >= 4 is 23.1 Å². The lowest BCUT2D eigenvalue weighted by molar-refractivity contribution is 0.577. The summed E-state index contributed by atoms with van der Waals surface area (Å²) in [6.45, 7) is 1.69. The standard InChI is InChI=1S/C14H15F2NS2/c15-11-3-4-13(16)14(10-11)19-9-7-17-6-5-12-2-1-8-18-12/h1-4,8,10,17H,5-7,9H2. The molecule has 0 aliphatic rings. The molecule has 0 atom stereocenters. The van der Waals surface area contributed by atoms with Crippen molar-refractivity contribution in [2.45, 2.75) is 11.3 Å². The van der Waals surface area contributed by atoms with Gasteiger partial charge in [-0.2, -0.15) is 0 Å². The Morgan fingerprint density at radius 3 is 2.84 bits per heavy atom. The van der Waals surface area contributed by atoms with E-state index < -0.39 is 5.82 Å². The van der Waals surface area contributed by atoms with Gasteiger partial charge in [0.25, 0.3) is 0 Å². The van der Waals surface area contributed by atoms with Gasteiger partial charge in [-0.25, -0.2) is 8.78 Å². The first-order chi connectivity index (χ1) is 9.25. The van der Waals surface area contributed by atoms with Crippen LogP contribution in [0.2, 0.25) is 0 Å². The van der Waals surface area contributed by atoms with E-state index in [1.807, 2.05) is 6.07 Å². The van der Waals surface area contributed by atoms with Crippen molar-refractivity contribution in [3.8, 4) is 0 Å². The monoisotopic (exact) mass is 299 g/mol. The third kappa shape index (κ3) is 4.93. The summed E-state index contributed by atoms with van der Waals surface area (Å²) >= 11 is 3.08. The first-order valence-electron chi connectivity index (χ1n) is 6.06. The lowest BCUT2D eigenvalue weighted by Crippen LogP contribution is -2.19. The number of benzene rings is 1. The summed E-state index contributed by atoms with van der Waals surface area (Å²) in [6.07, 6.45) is 1.01. The van der Waals surface area contributed by atoms with Gasteiger partial charge in [0.15, 0.2) is 0 Å². The molecule has 1 heterocycles. The Kier molecular flexibility index (Phi) is 5.82. The Hall–Kier alpha value is -0.910. The van der Waals surface area contributed by atoms with Crippen molar-refractivity contribution in [3.05, 3.63) is 52.2 Å². The van der Waals surface area contributed by atoms with Gasteiger partial charge in [-0.3, -0.25) is 0 Å². The molecule has 19 heavy (non-hydrogen) atoms. The van der Waals surface area contributed by atoms with E-state index >= 15 is 0 Å². The van der Waals surface area contributed by atoms with Crippen LogP contribution in [0.25, 0.3) is 0 Å². The summed E-state index contributed by atoms with van der Waals surface area (Å²) in [5.74, 6) is -0.0234. The Balaban J connectivity index is 1.62. The van der Waals surface area contributed by atoms with Crippen LogP contribution in [-0.4, -0.2) is 18.8 Å². The van der Waals surface area contributed by atoms with Gasteiger partial charge in [0.2, 0.25) is 0 Å². The van der Waals surface area contributed by atoms with E-state index in [1.54, 1.807) is 11.3 Å². The molecule has 1 N–H and O–H groups in total. The molecule has 0 bridgehead atoms. The zero-order valence-electron chi connectivity index (χ0n) is 10.4. The highest BCUT2D eigenvalue weighted by Gasteiger charge is 2.03. The second-order valence-electron chi connectivity index (χ2n) is 4.00. The molecule has 0 saturated heterocycles. The highest BCUT2D eigenvalue weighted by molar-refractivity contribution is 7.99. The summed E-state index contributed by atoms with van der Waals surface area (Å²) in [5.41, 5.74) is 0. The van der Waals surface area contributed by atoms with Gasteiger partial charge in [0.1, 0.15) is 11.6 Å². The Bertz CT molecular complexity index is 500. The molecule has 2 rings (SSSR count). The third-order valence-corrected chi connectivity index (χ3v) is 4.53. The van der Waals surface area contributed by atoms with Crippen LogP contribution in [0.5, 0.6) is 0 Å². The van der Waals surface area contributed by atoms with E-state index in [0.29, 0.717) is 4.90 Å². The topological polar surface area (TPSA) is 12.0 Å². The van der Waals surface area contributed by atoms with E-state index in [-0.39, 0.29) is 5.82 Å². The van der Waals surface area contributed by atoms with Crippen LogP contribution < -0.4 is 5.32 Å². The molecule has 2 aromatic rings. The highest BCUT2D eigenvalue weighted by atomic mass is 32.2. The first kappa shape index (κ1) is 14.5. The summed E-state index contributed by atoms with van der Waals surface area (Å²) in [5, 5.41) is 5.37. The lowest BCUT2D eigenvalue weighted by atomic mass is 10.3. The van der Waals surface area contributed by atoms with E-state index in [0.717, 1.165) is 31.3 Å². The van der Waals surface area contributed by atoms with Crippen molar-refractivity contribution in [3.63, 3.8) is 0 Å². The lowest BCUT2D eigenvalue weighted by Gasteiger charge is -2.05. The Morgan fingerprint density at radius 1 is 1.16 bits per heavy atom. The number of nitrogens with one attached hydrogen (secondary N) is 1. The van der Waals surface area contributed by atoms with Gasteiger partial charge >= 0.3 is 0 Å². The molecule has 0 radical (unpaired) electrons. The van der Waals surface area contributed by atoms with Gasteiger partial charge in [0, 0.05) is 22.1 Å². The van der Waals surface area contributed by atoms with Gasteiger partial charge in [-0.15, -0.1) is 23.1 Å². The molecule has 0 amide bonds. The van der Waals surface area contributed by atoms with Crippen LogP contribution in [-0.2, 0) is 6.42 Å². The van der Waals surface area contributed by atoms with Crippen LogP contribution in [0, 0.1) is 11.6 Å². The SMILES string of the molecule is Fc1ccc(F)c(SCCNCCc2cccs2)c1. The molecule has 0 aliphatic carbocycles. The summed E-state index contributed by atoms with van der Waals surface area (Å²) in [6, 6.07) is 7.71. The van der Waals surface area contributed by atoms with Crippen LogP contribution in [0.15, 0.2) is 40.6 Å².